The van der Waals surface area contributed by atoms with Gasteiger partial charge in [0.2, 0.25) is 5.91 Å². The van der Waals surface area contributed by atoms with Crippen LogP contribution >= 0.6 is 0 Å². The number of hydrogen-bond acceptors (Lipinski definition) is 5. The molecule has 180 valence electrons. The number of carboxylic acid groups (broad SMARTS) is 1. The fourth-order valence-electron chi connectivity index (χ4n) is 5.05. The molecule has 8 nitrogen and oxygen atoms in total. The molecule has 0 bridgehead atoms. The van der Waals surface area contributed by atoms with E-state index in [1.54, 1.807) is 0 Å². The van der Waals surface area contributed by atoms with E-state index in [0.717, 1.165) is 41.5 Å². The quantitative estimate of drug-likeness (QED) is 0.474. The summed E-state index contributed by atoms with van der Waals surface area (Å²) in [5.74, 6) is -1.66. The summed E-state index contributed by atoms with van der Waals surface area (Å²) in [5.41, 5.74) is 3.34. The third-order valence-electron chi connectivity index (χ3n) is 6.74. The van der Waals surface area contributed by atoms with Crippen molar-refractivity contribution in [2.45, 2.75) is 56.1 Å². The molecule has 34 heavy (non-hydrogen) atoms. The van der Waals surface area contributed by atoms with Gasteiger partial charge in [0.05, 0.1) is 12.5 Å². The number of nitrogens with one attached hydrogen (secondary N) is 2. The molecule has 2 aliphatic carbocycles. The molecular formula is C26H30N2O6. The number of aliphatic carboxylic acids is 1. The molecule has 2 aliphatic rings. The third kappa shape index (κ3) is 5.07. The van der Waals surface area contributed by atoms with Crippen LogP contribution in [0.15, 0.2) is 48.5 Å². The van der Waals surface area contributed by atoms with E-state index in [0.29, 0.717) is 12.8 Å². The number of benzene rings is 2. The normalized spacial score (nSPS) is 17.2. The van der Waals surface area contributed by atoms with E-state index in [2.05, 4.69) is 22.8 Å². The van der Waals surface area contributed by atoms with Crippen LogP contribution in [0.25, 0.3) is 11.1 Å². The average molecular weight is 467 g/mol. The van der Waals surface area contributed by atoms with Gasteiger partial charge in [-0.05, 0) is 35.1 Å². The van der Waals surface area contributed by atoms with Gasteiger partial charge < -0.3 is 25.6 Å². The second-order valence-electron chi connectivity index (χ2n) is 9.06. The molecule has 0 radical (unpaired) electrons. The van der Waals surface area contributed by atoms with E-state index in [4.69, 9.17) is 9.84 Å². The number of aliphatic hydroxyl groups is 1. The number of carboxylic acids is 1. The van der Waals surface area contributed by atoms with Crippen LogP contribution in [0.2, 0.25) is 0 Å². The number of rotatable bonds is 8. The first-order valence-corrected chi connectivity index (χ1v) is 11.7. The number of hydrogen-bond donors (Lipinski definition) is 4. The van der Waals surface area contributed by atoms with E-state index in [-0.39, 0.29) is 19.1 Å². The van der Waals surface area contributed by atoms with Crippen LogP contribution in [0.1, 0.15) is 55.6 Å². The number of fused-ring (bicyclic) bond motifs is 3. The van der Waals surface area contributed by atoms with E-state index in [1.807, 2.05) is 36.4 Å². The van der Waals surface area contributed by atoms with Gasteiger partial charge >= 0.3 is 12.1 Å². The van der Waals surface area contributed by atoms with Gasteiger partial charge in [-0.25, -0.2) is 4.79 Å². The molecule has 0 spiro atoms. The van der Waals surface area contributed by atoms with E-state index >= 15 is 0 Å². The number of aliphatic hydroxyl groups excluding tert-OH is 1. The van der Waals surface area contributed by atoms with Crippen LogP contribution in [0.3, 0.4) is 0 Å². The van der Waals surface area contributed by atoms with E-state index in [9.17, 15) is 19.5 Å². The molecular weight excluding hydrogens is 436 g/mol. The number of alkyl carbamates (subject to hydrolysis) is 1. The minimum atomic E-state index is -1.20. The lowest BCUT2D eigenvalue weighted by Gasteiger charge is -2.36. The van der Waals surface area contributed by atoms with Crippen LogP contribution in [0, 0.1) is 0 Å². The molecule has 0 heterocycles. The van der Waals surface area contributed by atoms with Gasteiger partial charge in [0.25, 0.3) is 0 Å². The largest absolute Gasteiger partial charge is 0.481 e. The van der Waals surface area contributed by atoms with Crippen molar-refractivity contribution in [3.05, 3.63) is 59.7 Å². The zero-order valence-electron chi connectivity index (χ0n) is 19.0. The lowest BCUT2D eigenvalue weighted by molar-refractivity contribution is -0.139. The van der Waals surface area contributed by atoms with Crippen molar-refractivity contribution in [2.24, 2.45) is 0 Å². The molecule has 4 rings (SSSR count). The monoisotopic (exact) mass is 466 g/mol. The highest BCUT2D eigenvalue weighted by Gasteiger charge is 2.41. The van der Waals surface area contributed by atoms with Gasteiger partial charge in [0, 0.05) is 12.5 Å². The van der Waals surface area contributed by atoms with Crippen LogP contribution in [0.4, 0.5) is 4.79 Å². The Morgan fingerprint density at radius 3 is 2.15 bits per heavy atom. The van der Waals surface area contributed by atoms with Gasteiger partial charge in [0.1, 0.15) is 12.1 Å². The Bertz CT molecular complexity index is 1020. The second kappa shape index (κ2) is 10.3. The van der Waals surface area contributed by atoms with Crippen LogP contribution in [-0.4, -0.2) is 53.0 Å². The summed E-state index contributed by atoms with van der Waals surface area (Å²) in [5, 5.41) is 24.0. The maximum absolute atomic E-state index is 13.0. The molecule has 4 N–H and O–H groups in total. The molecule has 1 unspecified atom stereocenters. The molecule has 1 fully saturated rings. The fourth-order valence-corrected chi connectivity index (χ4v) is 5.05. The maximum atomic E-state index is 13.0. The summed E-state index contributed by atoms with van der Waals surface area (Å²) in [4.78, 5) is 36.6. The number of carbonyl (C=O) groups excluding carboxylic acids is 2. The summed E-state index contributed by atoms with van der Waals surface area (Å²) >= 11 is 0. The van der Waals surface area contributed by atoms with E-state index in [1.165, 1.54) is 0 Å². The Balaban J connectivity index is 1.41. The summed E-state index contributed by atoms with van der Waals surface area (Å²) in [6.07, 6.45) is 1.09. The zero-order valence-corrected chi connectivity index (χ0v) is 19.0. The van der Waals surface area contributed by atoms with Crippen molar-refractivity contribution >= 4 is 18.0 Å². The molecule has 8 heteroatoms. The first-order valence-electron chi connectivity index (χ1n) is 11.7. The Morgan fingerprint density at radius 2 is 1.56 bits per heavy atom. The van der Waals surface area contributed by atoms with Gasteiger partial charge in [-0.15, -0.1) is 0 Å². The molecule has 0 aromatic heterocycles. The molecule has 1 saturated carbocycles. The van der Waals surface area contributed by atoms with Gasteiger partial charge in [-0.1, -0.05) is 67.8 Å². The van der Waals surface area contributed by atoms with Crippen molar-refractivity contribution in [1.29, 1.82) is 0 Å². The van der Waals surface area contributed by atoms with Crippen molar-refractivity contribution in [3.63, 3.8) is 0 Å². The number of ether oxygens (including phenoxy) is 1. The lowest BCUT2D eigenvalue weighted by Crippen LogP contribution is -2.60. The van der Waals surface area contributed by atoms with Crippen molar-refractivity contribution < 1.29 is 29.3 Å². The first-order chi connectivity index (χ1) is 16.4. The van der Waals surface area contributed by atoms with Gasteiger partial charge in [-0.2, -0.15) is 0 Å². The van der Waals surface area contributed by atoms with Crippen molar-refractivity contribution in [3.8, 4) is 11.1 Å². The zero-order chi connectivity index (χ0) is 24.1. The Labute approximate surface area is 198 Å². The molecule has 2 aromatic carbocycles. The summed E-state index contributed by atoms with van der Waals surface area (Å²) in [6.45, 7) is -0.0475. The predicted octanol–water partition coefficient (Wildman–Crippen LogP) is 3.18. The number of amides is 2. The first kappa shape index (κ1) is 23.8. The molecule has 1 atom stereocenters. The van der Waals surface area contributed by atoms with Crippen molar-refractivity contribution in [1.82, 2.24) is 10.6 Å². The molecule has 2 amide bonds. The topological polar surface area (TPSA) is 125 Å². The highest BCUT2D eigenvalue weighted by Crippen LogP contribution is 2.44. The van der Waals surface area contributed by atoms with Crippen LogP contribution < -0.4 is 10.6 Å². The highest BCUT2D eigenvalue weighted by molar-refractivity contribution is 5.90. The minimum Gasteiger partial charge on any atom is -0.481 e. The summed E-state index contributed by atoms with van der Waals surface area (Å²) < 4.78 is 5.64. The maximum Gasteiger partial charge on any atom is 0.408 e. The second-order valence-corrected chi connectivity index (χ2v) is 9.06. The summed E-state index contributed by atoms with van der Waals surface area (Å²) in [6, 6.07) is 16.1. The summed E-state index contributed by atoms with van der Waals surface area (Å²) in [7, 11) is 0. The Kier molecular flexibility index (Phi) is 7.17. The van der Waals surface area contributed by atoms with Crippen LogP contribution in [-0.2, 0) is 14.3 Å². The average Bonchev–Trinajstić information content (AvgIpc) is 3.15. The number of carbonyl (C=O) groups is 3. The minimum absolute atomic E-state index is 0.0829. The van der Waals surface area contributed by atoms with Gasteiger partial charge in [-0.3, -0.25) is 9.59 Å². The molecule has 0 aliphatic heterocycles. The predicted molar refractivity (Wildman–Crippen MR) is 125 cm³/mol. The smallest absolute Gasteiger partial charge is 0.408 e. The molecule has 2 aromatic rings. The standard InChI is InChI=1S/C26H30N2O6/c29-17(14-23(30)31)15-27-24(32)26(12-6-1-7-13-26)28-25(33)34-16-22-20-10-4-2-8-18(20)19-9-3-5-11-21(19)22/h2-5,8-11,17,22,29H,1,6-7,12-16H2,(H,27,32)(H,28,33)(H,30,31). The highest BCUT2D eigenvalue weighted by atomic mass is 16.5. The lowest BCUT2D eigenvalue weighted by atomic mass is 9.81. The fraction of sp³-hybridized carbons (Fsp3) is 0.423. The van der Waals surface area contributed by atoms with Crippen molar-refractivity contribution in [2.75, 3.05) is 13.2 Å². The molecule has 0 saturated heterocycles. The van der Waals surface area contributed by atoms with Crippen LogP contribution in [0.5, 0.6) is 0 Å². The van der Waals surface area contributed by atoms with Gasteiger partial charge in [0.15, 0.2) is 0 Å². The SMILES string of the molecule is O=C(O)CC(O)CNC(=O)C1(NC(=O)OCC2c3ccccc3-c3ccccc32)CCCCC1. The third-order valence-corrected chi connectivity index (χ3v) is 6.74. The Hall–Kier alpha value is -3.39. The van der Waals surface area contributed by atoms with E-state index < -0.39 is 36.0 Å². The Morgan fingerprint density at radius 1 is 0.971 bits per heavy atom.